The highest BCUT2D eigenvalue weighted by molar-refractivity contribution is 5.94. The molecular weight excluding hydrogens is 391 g/mol. The molecule has 1 aromatic heterocycles. The van der Waals surface area contributed by atoms with E-state index in [1.165, 1.54) is 23.4 Å². The number of hydrogen-bond acceptors (Lipinski definition) is 5. The van der Waals surface area contributed by atoms with Crippen molar-refractivity contribution in [1.29, 1.82) is 0 Å². The molecule has 0 atom stereocenters. The SMILES string of the molecule is CCN(CC(=O)Nc1ccc(OC)cc1)C(=O)Cn1cnc2ccc(F)cc2c1=O. The van der Waals surface area contributed by atoms with Crippen LogP contribution in [-0.4, -0.2) is 46.5 Å². The lowest BCUT2D eigenvalue weighted by Gasteiger charge is -2.21. The summed E-state index contributed by atoms with van der Waals surface area (Å²) in [5.74, 6) is -0.702. The van der Waals surface area contributed by atoms with Crippen LogP contribution in [0.25, 0.3) is 10.9 Å². The third-order valence-corrected chi connectivity index (χ3v) is 4.53. The molecule has 0 saturated carbocycles. The van der Waals surface area contributed by atoms with Gasteiger partial charge in [-0.1, -0.05) is 0 Å². The van der Waals surface area contributed by atoms with Crippen LogP contribution < -0.4 is 15.6 Å². The summed E-state index contributed by atoms with van der Waals surface area (Å²) in [4.78, 5) is 42.9. The van der Waals surface area contributed by atoms with Crippen molar-refractivity contribution in [2.75, 3.05) is 25.5 Å². The van der Waals surface area contributed by atoms with E-state index in [9.17, 15) is 18.8 Å². The Labute approximate surface area is 171 Å². The number of rotatable bonds is 7. The molecule has 2 amide bonds. The van der Waals surface area contributed by atoms with Crippen molar-refractivity contribution in [2.24, 2.45) is 0 Å². The van der Waals surface area contributed by atoms with Crippen LogP contribution in [0.5, 0.6) is 5.75 Å². The van der Waals surface area contributed by atoms with Gasteiger partial charge >= 0.3 is 0 Å². The quantitative estimate of drug-likeness (QED) is 0.641. The number of fused-ring (bicyclic) bond motifs is 1. The molecule has 0 saturated heterocycles. The minimum Gasteiger partial charge on any atom is -0.497 e. The number of likely N-dealkylation sites (N-methyl/N-ethyl adjacent to an activating group) is 1. The van der Waals surface area contributed by atoms with Crippen LogP contribution in [0.3, 0.4) is 0 Å². The fourth-order valence-electron chi connectivity index (χ4n) is 2.91. The van der Waals surface area contributed by atoms with Gasteiger partial charge in [0.25, 0.3) is 5.56 Å². The Morgan fingerprint density at radius 1 is 1.20 bits per heavy atom. The fraction of sp³-hybridized carbons (Fsp3) is 0.238. The number of nitrogens with zero attached hydrogens (tertiary/aromatic N) is 3. The van der Waals surface area contributed by atoms with Gasteiger partial charge in [0, 0.05) is 12.2 Å². The van der Waals surface area contributed by atoms with Crippen LogP contribution in [0.15, 0.2) is 53.6 Å². The van der Waals surface area contributed by atoms with Crippen LogP contribution in [0, 0.1) is 5.82 Å². The second-order valence-corrected chi connectivity index (χ2v) is 6.52. The normalized spacial score (nSPS) is 10.6. The Kier molecular flexibility index (Phi) is 6.41. The van der Waals surface area contributed by atoms with E-state index in [-0.39, 0.29) is 30.9 Å². The molecule has 3 aromatic rings. The van der Waals surface area contributed by atoms with Gasteiger partial charge in [-0.3, -0.25) is 19.0 Å². The van der Waals surface area contributed by atoms with Gasteiger partial charge in [0.2, 0.25) is 11.8 Å². The molecule has 9 heteroatoms. The number of nitrogens with one attached hydrogen (secondary N) is 1. The molecule has 1 N–H and O–H groups in total. The Bertz CT molecular complexity index is 1130. The average molecular weight is 412 g/mol. The van der Waals surface area contributed by atoms with Crippen LogP contribution >= 0.6 is 0 Å². The van der Waals surface area contributed by atoms with Crippen molar-refractivity contribution in [2.45, 2.75) is 13.5 Å². The summed E-state index contributed by atoms with van der Waals surface area (Å²) in [6.07, 6.45) is 1.24. The molecule has 1 heterocycles. The molecule has 156 valence electrons. The van der Waals surface area contributed by atoms with Crippen molar-refractivity contribution in [3.8, 4) is 5.75 Å². The van der Waals surface area contributed by atoms with Crippen molar-refractivity contribution >= 4 is 28.4 Å². The minimum absolute atomic E-state index is 0.0885. The van der Waals surface area contributed by atoms with E-state index < -0.39 is 17.3 Å². The van der Waals surface area contributed by atoms with E-state index in [2.05, 4.69) is 10.3 Å². The Hall–Kier alpha value is -3.75. The van der Waals surface area contributed by atoms with Gasteiger partial charge in [-0.2, -0.15) is 0 Å². The zero-order chi connectivity index (χ0) is 21.7. The summed E-state index contributed by atoms with van der Waals surface area (Å²) in [7, 11) is 1.55. The number of carbonyl (C=O) groups excluding carboxylic acids is 2. The summed E-state index contributed by atoms with van der Waals surface area (Å²) >= 11 is 0. The topological polar surface area (TPSA) is 93.5 Å². The van der Waals surface area contributed by atoms with Gasteiger partial charge in [0.05, 0.1) is 30.9 Å². The predicted molar refractivity (Wildman–Crippen MR) is 110 cm³/mol. The highest BCUT2D eigenvalue weighted by Gasteiger charge is 2.17. The highest BCUT2D eigenvalue weighted by Crippen LogP contribution is 2.15. The van der Waals surface area contributed by atoms with E-state index in [0.29, 0.717) is 17.0 Å². The highest BCUT2D eigenvalue weighted by atomic mass is 19.1. The molecule has 8 nitrogen and oxygen atoms in total. The summed E-state index contributed by atoms with van der Waals surface area (Å²) in [5.41, 5.74) is 0.393. The second kappa shape index (κ2) is 9.17. The Balaban J connectivity index is 1.68. The van der Waals surface area contributed by atoms with Gasteiger partial charge in [0.1, 0.15) is 18.1 Å². The first-order chi connectivity index (χ1) is 14.4. The molecule has 0 aliphatic heterocycles. The zero-order valence-corrected chi connectivity index (χ0v) is 16.6. The third-order valence-electron chi connectivity index (χ3n) is 4.53. The average Bonchev–Trinajstić information content (AvgIpc) is 2.74. The molecule has 30 heavy (non-hydrogen) atoms. The first kappa shape index (κ1) is 21.0. The summed E-state index contributed by atoms with van der Waals surface area (Å²) in [5, 5.41) is 2.80. The van der Waals surface area contributed by atoms with E-state index in [4.69, 9.17) is 4.74 Å². The lowest BCUT2D eigenvalue weighted by atomic mass is 10.2. The first-order valence-corrected chi connectivity index (χ1v) is 9.27. The van der Waals surface area contributed by atoms with Crippen LogP contribution in [0.4, 0.5) is 10.1 Å². The molecule has 0 fully saturated rings. The summed E-state index contributed by atoms with van der Waals surface area (Å²) in [6, 6.07) is 10.5. The number of anilines is 1. The van der Waals surface area contributed by atoms with E-state index in [1.54, 1.807) is 38.3 Å². The number of aromatic nitrogens is 2. The summed E-state index contributed by atoms with van der Waals surface area (Å²) < 4.78 is 19.6. The Morgan fingerprint density at radius 2 is 1.93 bits per heavy atom. The summed E-state index contributed by atoms with van der Waals surface area (Å²) in [6.45, 7) is 1.53. The van der Waals surface area contributed by atoms with Gasteiger partial charge in [0.15, 0.2) is 0 Å². The molecular formula is C21H21FN4O4. The molecule has 0 unspecified atom stereocenters. The molecule has 0 aliphatic rings. The second-order valence-electron chi connectivity index (χ2n) is 6.52. The maximum atomic E-state index is 13.5. The van der Waals surface area contributed by atoms with Crippen LogP contribution in [0.2, 0.25) is 0 Å². The number of amides is 2. The maximum absolute atomic E-state index is 13.5. The molecule has 0 aliphatic carbocycles. The lowest BCUT2D eigenvalue weighted by molar-refractivity contribution is -0.135. The number of hydrogen-bond donors (Lipinski definition) is 1. The van der Waals surface area contributed by atoms with Crippen LogP contribution in [0.1, 0.15) is 6.92 Å². The van der Waals surface area contributed by atoms with Crippen molar-refractivity contribution in [3.05, 3.63) is 65.0 Å². The van der Waals surface area contributed by atoms with Crippen LogP contribution in [-0.2, 0) is 16.1 Å². The Morgan fingerprint density at radius 3 is 2.60 bits per heavy atom. The molecule has 0 bridgehead atoms. The molecule has 2 aromatic carbocycles. The van der Waals surface area contributed by atoms with Crippen molar-refractivity contribution in [3.63, 3.8) is 0 Å². The smallest absolute Gasteiger partial charge is 0.261 e. The number of halogens is 1. The maximum Gasteiger partial charge on any atom is 0.261 e. The monoisotopic (exact) mass is 412 g/mol. The minimum atomic E-state index is -0.559. The third kappa shape index (κ3) is 4.80. The molecule has 0 radical (unpaired) electrons. The van der Waals surface area contributed by atoms with Gasteiger partial charge in [-0.05, 0) is 49.4 Å². The standard InChI is InChI=1S/C21H21FN4O4/c1-3-25(11-19(27)24-15-5-7-16(30-2)8-6-15)20(28)12-26-13-23-18-9-4-14(22)10-17(18)21(26)29/h4-10,13H,3,11-12H2,1-2H3,(H,24,27). The lowest BCUT2D eigenvalue weighted by Crippen LogP contribution is -2.41. The van der Waals surface area contributed by atoms with E-state index >= 15 is 0 Å². The largest absolute Gasteiger partial charge is 0.497 e. The molecule has 0 spiro atoms. The number of methoxy groups -OCH3 is 1. The van der Waals surface area contributed by atoms with Crippen molar-refractivity contribution < 1.29 is 18.7 Å². The fourth-order valence-corrected chi connectivity index (χ4v) is 2.91. The van der Waals surface area contributed by atoms with Gasteiger partial charge in [-0.25, -0.2) is 9.37 Å². The number of ether oxygens (including phenoxy) is 1. The van der Waals surface area contributed by atoms with Gasteiger partial charge < -0.3 is 15.0 Å². The van der Waals surface area contributed by atoms with E-state index in [0.717, 1.165) is 10.6 Å². The molecule has 3 rings (SSSR count). The van der Waals surface area contributed by atoms with Gasteiger partial charge in [-0.15, -0.1) is 0 Å². The number of benzene rings is 2. The van der Waals surface area contributed by atoms with Crippen molar-refractivity contribution in [1.82, 2.24) is 14.5 Å². The first-order valence-electron chi connectivity index (χ1n) is 9.27. The van der Waals surface area contributed by atoms with E-state index in [1.807, 2.05) is 0 Å². The zero-order valence-electron chi connectivity index (χ0n) is 16.6. The number of carbonyl (C=O) groups is 2. The predicted octanol–water partition coefficient (Wildman–Crippen LogP) is 2.03.